The van der Waals surface area contributed by atoms with Gasteiger partial charge in [-0.15, -0.1) is 0 Å². The van der Waals surface area contributed by atoms with Crippen molar-refractivity contribution in [2.24, 2.45) is 0 Å². The topological polar surface area (TPSA) is 88.2 Å². The molecule has 0 spiro atoms. The quantitative estimate of drug-likeness (QED) is 0.488. The maximum Gasteiger partial charge on any atom is 0.419 e. The van der Waals surface area contributed by atoms with Gasteiger partial charge < -0.3 is 5.32 Å². The van der Waals surface area contributed by atoms with Gasteiger partial charge in [0.05, 0.1) is 16.7 Å². The lowest BCUT2D eigenvalue weighted by Crippen LogP contribution is -2.24. The number of halogens is 5. The second-order valence-electron chi connectivity index (χ2n) is 6.06. The number of sulfonamides is 1. The third kappa shape index (κ3) is 5.51. The van der Waals surface area contributed by atoms with Crippen LogP contribution < -0.4 is 10.0 Å². The van der Waals surface area contributed by atoms with Crippen LogP contribution in [0.1, 0.15) is 21.5 Å². The Morgan fingerprint density at radius 2 is 1.81 bits per heavy atom. The Kier molecular flexibility index (Phi) is 6.53. The first kappa shape index (κ1) is 23.0. The van der Waals surface area contributed by atoms with E-state index in [9.17, 15) is 30.8 Å². The van der Waals surface area contributed by atoms with Crippen LogP contribution >= 0.6 is 22.9 Å². The van der Waals surface area contributed by atoms with E-state index in [1.165, 1.54) is 18.3 Å². The van der Waals surface area contributed by atoms with Gasteiger partial charge in [0.1, 0.15) is 10.2 Å². The molecule has 0 fully saturated rings. The van der Waals surface area contributed by atoms with E-state index in [4.69, 9.17) is 11.6 Å². The number of amides is 1. The van der Waals surface area contributed by atoms with Gasteiger partial charge >= 0.3 is 6.18 Å². The van der Waals surface area contributed by atoms with Crippen molar-refractivity contribution in [1.29, 1.82) is 0 Å². The number of hydrogen-bond donors (Lipinski definition) is 2. The molecule has 2 aromatic carbocycles. The van der Waals surface area contributed by atoms with Gasteiger partial charge in [-0.1, -0.05) is 35.1 Å². The first-order valence-corrected chi connectivity index (χ1v) is 11.0. The predicted molar refractivity (Wildman–Crippen MR) is 107 cm³/mol. The van der Waals surface area contributed by atoms with Gasteiger partial charge in [0.2, 0.25) is 0 Å². The Bertz CT molecular complexity index is 1210. The lowest BCUT2D eigenvalue weighted by molar-refractivity contribution is -0.140. The highest BCUT2D eigenvalue weighted by Crippen LogP contribution is 2.32. The molecule has 0 aliphatic rings. The van der Waals surface area contributed by atoms with Crippen molar-refractivity contribution < 1.29 is 30.8 Å². The van der Waals surface area contributed by atoms with E-state index in [2.05, 4.69) is 15.0 Å². The minimum absolute atomic E-state index is 0.0311. The molecule has 0 atom stereocenters. The van der Waals surface area contributed by atoms with Crippen molar-refractivity contribution in [3.63, 3.8) is 0 Å². The molecule has 1 heterocycles. The molecule has 13 heteroatoms. The average molecular weight is 494 g/mol. The number of benzene rings is 2. The molecule has 3 aromatic rings. The van der Waals surface area contributed by atoms with Crippen molar-refractivity contribution in [3.05, 3.63) is 75.5 Å². The van der Waals surface area contributed by atoms with Crippen LogP contribution in [-0.4, -0.2) is 19.3 Å². The van der Waals surface area contributed by atoms with Crippen molar-refractivity contribution >= 4 is 44.0 Å². The van der Waals surface area contributed by atoms with Crippen molar-refractivity contribution in [1.82, 2.24) is 10.3 Å². The fourth-order valence-electron chi connectivity index (χ4n) is 2.47. The summed E-state index contributed by atoms with van der Waals surface area (Å²) in [6.45, 7) is -0.485. The van der Waals surface area contributed by atoms with Gasteiger partial charge in [-0.2, -0.15) is 13.2 Å². The van der Waals surface area contributed by atoms with Crippen molar-refractivity contribution in [3.8, 4) is 0 Å². The molecular formula is C18H12ClF4N3O3S2. The number of hydrogen-bond acceptors (Lipinski definition) is 5. The molecule has 1 amide bonds. The van der Waals surface area contributed by atoms with Crippen molar-refractivity contribution in [2.75, 3.05) is 4.72 Å². The fourth-order valence-corrected chi connectivity index (χ4v) is 4.53. The van der Waals surface area contributed by atoms with E-state index >= 15 is 0 Å². The molecule has 2 N–H and O–H groups in total. The van der Waals surface area contributed by atoms with Gasteiger partial charge in [0.15, 0.2) is 5.13 Å². The van der Waals surface area contributed by atoms with Crippen LogP contribution in [0.5, 0.6) is 0 Å². The van der Waals surface area contributed by atoms with Gasteiger partial charge in [-0.3, -0.25) is 9.52 Å². The molecule has 0 saturated heterocycles. The Hall–Kier alpha value is -2.70. The van der Waals surface area contributed by atoms with Crippen molar-refractivity contribution in [2.45, 2.75) is 17.6 Å². The van der Waals surface area contributed by atoms with E-state index in [1.54, 1.807) is 0 Å². The summed E-state index contributed by atoms with van der Waals surface area (Å²) in [4.78, 5) is 15.9. The molecule has 164 valence electrons. The van der Waals surface area contributed by atoms with E-state index < -0.39 is 40.0 Å². The number of aromatic nitrogens is 1. The molecule has 0 saturated carbocycles. The Balaban J connectivity index is 1.68. The number of nitrogens with zero attached hydrogens (tertiary/aromatic N) is 1. The summed E-state index contributed by atoms with van der Waals surface area (Å²) in [5.41, 5.74) is -1.74. The summed E-state index contributed by atoms with van der Waals surface area (Å²) in [7, 11) is -3.97. The minimum Gasteiger partial charge on any atom is -0.348 e. The molecule has 31 heavy (non-hydrogen) atoms. The molecule has 0 aliphatic heterocycles. The fraction of sp³-hybridized carbons (Fsp3) is 0.111. The van der Waals surface area contributed by atoms with Gasteiger partial charge in [0.25, 0.3) is 15.9 Å². The zero-order chi connectivity index (χ0) is 22.8. The van der Waals surface area contributed by atoms with E-state index in [0.29, 0.717) is 10.4 Å². The molecular weight excluding hydrogens is 482 g/mol. The molecule has 0 bridgehead atoms. The first-order chi connectivity index (χ1) is 14.5. The molecule has 3 rings (SSSR count). The van der Waals surface area contributed by atoms with E-state index in [-0.39, 0.29) is 21.2 Å². The normalized spacial score (nSPS) is 11.9. The summed E-state index contributed by atoms with van der Waals surface area (Å²) >= 11 is 6.63. The van der Waals surface area contributed by atoms with Crippen LogP contribution in [0.2, 0.25) is 4.34 Å². The van der Waals surface area contributed by atoms with E-state index in [1.807, 2.05) is 0 Å². The number of carbonyl (C=O) groups is 1. The summed E-state index contributed by atoms with van der Waals surface area (Å²) < 4.78 is 79.5. The number of nitrogens with one attached hydrogen (secondary N) is 2. The largest absolute Gasteiger partial charge is 0.419 e. The smallest absolute Gasteiger partial charge is 0.348 e. The van der Waals surface area contributed by atoms with Crippen LogP contribution in [0.15, 0.2) is 53.6 Å². The summed E-state index contributed by atoms with van der Waals surface area (Å²) in [6, 6.07) is 7.51. The summed E-state index contributed by atoms with van der Waals surface area (Å²) in [5, 5.41) is 2.37. The monoisotopic (exact) mass is 493 g/mol. The van der Waals surface area contributed by atoms with E-state index in [0.717, 1.165) is 35.6 Å². The second kappa shape index (κ2) is 8.81. The highest BCUT2D eigenvalue weighted by molar-refractivity contribution is 7.93. The van der Waals surface area contributed by atoms with Crippen LogP contribution in [0, 0.1) is 5.82 Å². The number of rotatable bonds is 6. The van der Waals surface area contributed by atoms with Gasteiger partial charge in [-0.05, 0) is 30.3 Å². The maximum atomic E-state index is 14.0. The second-order valence-corrected chi connectivity index (χ2v) is 9.40. The third-order valence-electron chi connectivity index (χ3n) is 3.95. The summed E-state index contributed by atoms with van der Waals surface area (Å²) in [6.07, 6.45) is -3.58. The first-order valence-electron chi connectivity index (χ1n) is 8.34. The standard InChI is InChI=1S/C18H12ClF4N3O3S2/c19-14-9-25-17(30-14)26-31(28,29)12-6-4-10(5-7-12)16(27)24-8-11-2-1-3-13(15(11)20)18(21,22)23/h1-7,9H,8H2,(H,24,27)(H,25,26). The molecule has 0 aliphatic carbocycles. The SMILES string of the molecule is O=C(NCc1cccc(C(F)(F)F)c1F)c1ccc(S(=O)(=O)Nc2ncc(Cl)s2)cc1. The zero-order valence-electron chi connectivity index (χ0n) is 15.2. The number of alkyl halides is 3. The zero-order valence-corrected chi connectivity index (χ0v) is 17.6. The Morgan fingerprint density at radius 1 is 1.13 bits per heavy atom. The molecule has 1 aromatic heterocycles. The molecule has 0 radical (unpaired) electrons. The molecule has 0 unspecified atom stereocenters. The average Bonchev–Trinajstić information content (AvgIpc) is 3.10. The van der Waals surface area contributed by atoms with Gasteiger partial charge in [-0.25, -0.2) is 17.8 Å². The lowest BCUT2D eigenvalue weighted by Gasteiger charge is -2.12. The maximum absolute atomic E-state index is 14.0. The number of thiazole rings is 1. The predicted octanol–water partition coefficient (Wildman–Crippen LogP) is 4.69. The van der Waals surface area contributed by atoms with Gasteiger partial charge in [0, 0.05) is 17.7 Å². The van der Waals surface area contributed by atoms with Crippen LogP contribution in [-0.2, 0) is 22.7 Å². The third-order valence-corrected chi connectivity index (χ3v) is 6.46. The Labute approximate surface area is 182 Å². The van der Waals surface area contributed by atoms with Crippen LogP contribution in [0.4, 0.5) is 22.7 Å². The lowest BCUT2D eigenvalue weighted by atomic mass is 10.1. The number of anilines is 1. The summed E-state index contributed by atoms with van der Waals surface area (Å²) in [5.74, 6) is -2.19. The minimum atomic E-state index is -4.86. The number of carbonyl (C=O) groups excluding carboxylic acids is 1. The van der Waals surface area contributed by atoms with Crippen LogP contribution in [0.3, 0.4) is 0 Å². The highest BCUT2D eigenvalue weighted by atomic mass is 35.5. The van der Waals surface area contributed by atoms with Crippen LogP contribution in [0.25, 0.3) is 0 Å². The molecule has 6 nitrogen and oxygen atoms in total. The highest BCUT2D eigenvalue weighted by Gasteiger charge is 2.34. The Morgan fingerprint density at radius 3 is 2.39 bits per heavy atom.